The first-order valence-corrected chi connectivity index (χ1v) is 8.72. The highest BCUT2D eigenvalue weighted by atomic mass is 32.1. The van der Waals surface area contributed by atoms with E-state index in [-0.39, 0.29) is 18.6 Å². The van der Waals surface area contributed by atoms with Crippen LogP contribution in [0.4, 0.5) is 0 Å². The van der Waals surface area contributed by atoms with Crippen LogP contribution < -0.4 is 0 Å². The molecule has 0 spiro atoms. The summed E-state index contributed by atoms with van der Waals surface area (Å²) in [6.45, 7) is 1.55. The number of hydrogen-bond donors (Lipinski definition) is 1. The van der Waals surface area contributed by atoms with Crippen LogP contribution in [0.5, 0.6) is 0 Å². The summed E-state index contributed by atoms with van der Waals surface area (Å²) in [5, 5.41) is 9.42. The SMILES string of the molecule is O=C(c1cc2c(s1)CCCCCC2)N1CCOCC1CO. The Bertz CT molecular complexity index is 474. The summed E-state index contributed by atoms with van der Waals surface area (Å²) in [6, 6.07) is 1.90. The minimum atomic E-state index is -0.198. The van der Waals surface area contributed by atoms with Gasteiger partial charge in [-0.1, -0.05) is 12.8 Å². The van der Waals surface area contributed by atoms with Gasteiger partial charge in [-0.05, 0) is 37.3 Å². The Labute approximate surface area is 129 Å². The van der Waals surface area contributed by atoms with Crippen molar-refractivity contribution in [3.63, 3.8) is 0 Å². The third kappa shape index (κ3) is 3.30. The lowest BCUT2D eigenvalue weighted by Crippen LogP contribution is -2.50. The van der Waals surface area contributed by atoms with Crippen molar-refractivity contribution in [2.24, 2.45) is 0 Å². The summed E-state index contributed by atoms with van der Waals surface area (Å²) in [7, 11) is 0. The minimum Gasteiger partial charge on any atom is -0.394 e. The molecule has 1 unspecified atom stereocenters. The van der Waals surface area contributed by atoms with E-state index in [1.165, 1.54) is 36.1 Å². The zero-order valence-electron chi connectivity index (χ0n) is 12.3. The molecule has 1 aromatic heterocycles. The first-order valence-electron chi connectivity index (χ1n) is 7.90. The number of carbonyl (C=O) groups excluding carboxylic acids is 1. The van der Waals surface area contributed by atoms with E-state index in [0.717, 1.165) is 17.7 Å². The first-order chi connectivity index (χ1) is 10.3. The lowest BCUT2D eigenvalue weighted by Gasteiger charge is -2.34. The van der Waals surface area contributed by atoms with E-state index in [2.05, 4.69) is 6.07 Å². The van der Waals surface area contributed by atoms with Crippen LogP contribution in [0.3, 0.4) is 0 Å². The molecule has 0 bridgehead atoms. The number of fused-ring (bicyclic) bond motifs is 1. The van der Waals surface area contributed by atoms with E-state index in [0.29, 0.717) is 19.8 Å². The van der Waals surface area contributed by atoms with Gasteiger partial charge in [0.25, 0.3) is 5.91 Å². The third-order valence-electron chi connectivity index (χ3n) is 4.41. The molecule has 1 aromatic rings. The average Bonchev–Trinajstić information content (AvgIpc) is 2.88. The van der Waals surface area contributed by atoms with Gasteiger partial charge in [-0.15, -0.1) is 11.3 Å². The van der Waals surface area contributed by atoms with Crippen molar-refractivity contribution < 1.29 is 14.6 Å². The molecule has 116 valence electrons. The second-order valence-corrected chi connectivity index (χ2v) is 7.02. The zero-order valence-corrected chi connectivity index (χ0v) is 13.2. The maximum Gasteiger partial charge on any atom is 0.264 e. The Hall–Kier alpha value is -0.910. The first kappa shape index (κ1) is 15.0. The number of hydrogen-bond acceptors (Lipinski definition) is 4. The third-order valence-corrected chi connectivity index (χ3v) is 5.63. The molecule has 0 saturated carbocycles. The fourth-order valence-corrected chi connectivity index (χ4v) is 4.37. The average molecular weight is 309 g/mol. The molecule has 1 saturated heterocycles. The number of ether oxygens (including phenoxy) is 1. The number of morpholine rings is 1. The summed E-state index contributed by atoms with van der Waals surface area (Å²) < 4.78 is 5.35. The molecule has 1 atom stereocenters. The Morgan fingerprint density at radius 1 is 1.33 bits per heavy atom. The predicted molar refractivity (Wildman–Crippen MR) is 82.9 cm³/mol. The number of carbonyl (C=O) groups is 1. The molecule has 1 amide bonds. The molecule has 1 aliphatic carbocycles. The maximum atomic E-state index is 12.7. The smallest absolute Gasteiger partial charge is 0.264 e. The van der Waals surface area contributed by atoms with Gasteiger partial charge in [0.15, 0.2) is 0 Å². The zero-order chi connectivity index (χ0) is 14.7. The molecule has 3 rings (SSSR count). The Morgan fingerprint density at radius 3 is 2.95 bits per heavy atom. The molecule has 4 nitrogen and oxygen atoms in total. The lowest BCUT2D eigenvalue weighted by molar-refractivity contribution is -0.0181. The van der Waals surface area contributed by atoms with Crippen molar-refractivity contribution in [1.82, 2.24) is 4.90 Å². The normalized spacial score (nSPS) is 23.3. The molecule has 1 N–H and O–H groups in total. The lowest BCUT2D eigenvalue weighted by atomic mass is 9.99. The minimum absolute atomic E-state index is 0.0309. The topological polar surface area (TPSA) is 49.8 Å². The number of nitrogens with zero attached hydrogens (tertiary/aromatic N) is 1. The van der Waals surface area contributed by atoms with Crippen molar-refractivity contribution in [2.45, 2.75) is 44.6 Å². The van der Waals surface area contributed by atoms with Crippen molar-refractivity contribution >= 4 is 17.2 Å². The van der Waals surface area contributed by atoms with Gasteiger partial charge < -0.3 is 14.7 Å². The molecule has 1 fully saturated rings. The quantitative estimate of drug-likeness (QED) is 0.911. The second kappa shape index (κ2) is 6.90. The van der Waals surface area contributed by atoms with Gasteiger partial charge in [-0.25, -0.2) is 0 Å². The number of rotatable bonds is 2. The molecule has 1 aliphatic heterocycles. The standard InChI is InChI=1S/C16H23NO3S/c18-10-13-11-20-8-7-17(13)16(19)15-9-12-5-3-1-2-4-6-14(12)21-15/h9,13,18H,1-8,10-11H2. The maximum absolute atomic E-state index is 12.7. The van der Waals surface area contributed by atoms with Gasteiger partial charge in [-0.3, -0.25) is 4.79 Å². The second-order valence-electron chi connectivity index (χ2n) is 5.88. The highest BCUT2D eigenvalue weighted by molar-refractivity contribution is 7.14. The monoisotopic (exact) mass is 309 g/mol. The Morgan fingerprint density at radius 2 is 2.14 bits per heavy atom. The highest BCUT2D eigenvalue weighted by Gasteiger charge is 2.29. The van der Waals surface area contributed by atoms with Crippen LogP contribution >= 0.6 is 11.3 Å². The van der Waals surface area contributed by atoms with Crippen LogP contribution in [0.2, 0.25) is 0 Å². The van der Waals surface area contributed by atoms with Gasteiger partial charge in [0, 0.05) is 11.4 Å². The van der Waals surface area contributed by atoms with Crippen LogP contribution in [-0.2, 0) is 17.6 Å². The number of thiophene rings is 1. The van der Waals surface area contributed by atoms with E-state index in [1.54, 1.807) is 16.2 Å². The molecule has 0 aromatic carbocycles. The molecular weight excluding hydrogens is 286 g/mol. The van der Waals surface area contributed by atoms with E-state index in [1.807, 2.05) is 0 Å². The summed E-state index contributed by atoms with van der Waals surface area (Å²) in [4.78, 5) is 16.7. The summed E-state index contributed by atoms with van der Waals surface area (Å²) in [6.07, 6.45) is 7.28. The fraction of sp³-hybridized carbons (Fsp3) is 0.688. The van der Waals surface area contributed by atoms with Crippen molar-refractivity contribution in [3.8, 4) is 0 Å². The fourth-order valence-electron chi connectivity index (χ4n) is 3.16. The van der Waals surface area contributed by atoms with E-state index in [9.17, 15) is 9.90 Å². The predicted octanol–water partition coefficient (Wildman–Crippen LogP) is 2.24. The van der Waals surface area contributed by atoms with Crippen LogP contribution in [-0.4, -0.2) is 48.3 Å². The number of aliphatic hydroxyl groups is 1. The van der Waals surface area contributed by atoms with E-state index >= 15 is 0 Å². The van der Waals surface area contributed by atoms with Crippen LogP contribution in [0.15, 0.2) is 6.07 Å². The van der Waals surface area contributed by atoms with Gasteiger partial charge in [-0.2, -0.15) is 0 Å². The number of amides is 1. The van der Waals surface area contributed by atoms with Gasteiger partial charge in [0.1, 0.15) is 0 Å². The Kier molecular flexibility index (Phi) is 4.93. The largest absolute Gasteiger partial charge is 0.394 e. The van der Waals surface area contributed by atoms with Gasteiger partial charge in [0.05, 0.1) is 30.7 Å². The Balaban J connectivity index is 1.79. The van der Waals surface area contributed by atoms with Crippen molar-refractivity contribution in [1.29, 1.82) is 0 Å². The van der Waals surface area contributed by atoms with E-state index in [4.69, 9.17) is 4.74 Å². The van der Waals surface area contributed by atoms with Crippen molar-refractivity contribution in [3.05, 3.63) is 21.4 Å². The van der Waals surface area contributed by atoms with Gasteiger partial charge >= 0.3 is 0 Å². The van der Waals surface area contributed by atoms with Crippen LogP contribution in [0.1, 0.15) is 45.8 Å². The molecule has 2 heterocycles. The van der Waals surface area contributed by atoms with E-state index < -0.39 is 0 Å². The summed E-state index contributed by atoms with van der Waals surface area (Å²) in [5.74, 6) is 0.0640. The summed E-state index contributed by atoms with van der Waals surface area (Å²) >= 11 is 1.66. The molecular formula is C16H23NO3S. The highest BCUT2D eigenvalue weighted by Crippen LogP contribution is 2.29. The van der Waals surface area contributed by atoms with Crippen molar-refractivity contribution in [2.75, 3.05) is 26.4 Å². The van der Waals surface area contributed by atoms with Gasteiger partial charge in [0.2, 0.25) is 0 Å². The molecule has 0 radical (unpaired) electrons. The summed E-state index contributed by atoms with van der Waals surface area (Å²) in [5.41, 5.74) is 1.37. The molecule has 21 heavy (non-hydrogen) atoms. The van der Waals surface area contributed by atoms with Crippen LogP contribution in [0, 0.1) is 0 Å². The number of aryl methyl sites for hydroxylation is 2. The molecule has 2 aliphatic rings. The number of aliphatic hydroxyl groups excluding tert-OH is 1. The molecule has 5 heteroatoms. The van der Waals surface area contributed by atoms with Crippen LogP contribution in [0.25, 0.3) is 0 Å².